The second-order valence-corrected chi connectivity index (χ2v) is 3.38. The van der Waals surface area contributed by atoms with Crippen LogP contribution < -0.4 is 0 Å². The highest BCUT2D eigenvalue weighted by atomic mass is 14.6. The summed E-state index contributed by atoms with van der Waals surface area (Å²) in [5.41, 5.74) is 1.95. The van der Waals surface area contributed by atoms with E-state index in [1.54, 1.807) is 0 Å². The van der Waals surface area contributed by atoms with Crippen molar-refractivity contribution in [3.8, 4) is 0 Å². The first-order chi connectivity index (χ1) is 5.37. The number of pyridine rings is 1. The fourth-order valence-electron chi connectivity index (χ4n) is 1.67. The molecule has 1 aliphatic carbocycles. The summed E-state index contributed by atoms with van der Waals surface area (Å²) in [6, 6.07) is 4.23. The van der Waals surface area contributed by atoms with Crippen molar-refractivity contribution in [1.29, 1.82) is 0 Å². The molecule has 0 spiro atoms. The molecule has 0 bridgehead atoms. The van der Waals surface area contributed by atoms with Crippen LogP contribution in [0.1, 0.15) is 31.7 Å². The van der Waals surface area contributed by atoms with Gasteiger partial charge in [0.2, 0.25) is 0 Å². The average molecular weight is 147 g/mol. The molecule has 1 heteroatoms. The van der Waals surface area contributed by atoms with Crippen molar-refractivity contribution < 1.29 is 0 Å². The van der Waals surface area contributed by atoms with Gasteiger partial charge >= 0.3 is 0 Å². The number of hydrogen-bond acceptors (Lipinski definition) is 1. The summed E-state index contributed by atoms with van der Waals surface area (Å²) in [4.78, 5) is 4.14. The Balaban J connectivity index is 2.30. The van der Waals surface area contributed by atoms with Crippen molar-refractivity contribution in [1.82, 2.24) is 4.98 Å². The summed E-state index contributed by atoms with van der Waals surface area (Å²) in [5, 5.41) is 0. The summed E-state index contributed by atoms with van der Waals surface area (Å²) in [7, 11) is 0. The molecule has 0 aromatic carbocycles. The minimum absolute atomic E-state index is 0.522. The highest BCUT2D eigenvalue weighted by molar-refractivity contribution is 5.27. The molecular formula is C10H13N. The van der Waals surface area contributed by atoms with E-state index in [4.69, 9.17) is 0 Å². The summed E-state index contributed by atoms with van der Waals surface area (Å²) >= 11 is 0. The molecule has 1 aliphatic rings. The van der Waals surface area contributed by atoms with Gasteiger partial charge in [-0.1, -0.05) is 13.0 Å². The van der Waals surface area contributed by atoms with Crippen LogP contribution in [0.15, 0.2) is 24.5 Å². The molecule has 2 rings (SSSR count). The third-order valence-electron chi connectivity index (χ3n) is 2.80. The molecule has 11 heavy (non-hydrogen) atoms. The van der Waals surface area contributed by atoms with E-state index in [0.29, 0.717) is 5.41 Å². The number of nitrogens with zero attached hydrogens (tertiary/aromatic N) is 1. The zero-order valence-corrected chi connectivity index (χ0v) is 6.88. The Morgan fingerprint density at radius 2 is 2.36 bits per heavy atom. The van der Waals surface area contributed by atoms with Crippen LogP contribution in [0.4, 0.5) is 0 Å². The first-order valence-corrected chi connectivity index (χ1v) is 4.28. The fraction of sp³-hybridized carbons (Fsp3) is 0.500. The second-order valence-electron chi connectivity index (χ2n) is 3.38. The van der Waals surface area contributed by atoms with Gasteiger partial charge in [0.25, 0.3) is 0 Å². The number of rotatable bonds is 2. The number of aromatic nitrogens is 1. The topological polar surface area (TPSA) is 12.9 Å². The molecule has 0 atom stereocenters. The molecule has 1 aromatic rings. The van der Waals surface area contributed by atoms with Crippen molar-refractivity contribution >= 4 is 0 Å². The Hall–Kier alpha value is -0.850. The molecule has 1 fully saturated rings. The van der Waals surface area contributed by atoms with E-state index >= 15 is 0 Å². The Morgan fingerprint density at radius 1 is 1.55 bits per heavy atom. The van der Waals surface area contributed by atoms with Gasteiger partial charge < -0.3 is 0 Å². The molecule has 1 heterocycles. The van der Waals surface area contributed by atoms with Crippen LogP contribution in [0.3, 0.4) is 0 Å². The van der Waals surface area contributed by atoms with Crippen molar-refractivity contribution in [2.75, 3.05) is 0 Å². The molecule has 0 amide bonds. The maximum absolute atomic E-state index is 4.14. The highest BCUT2D eigenvalue weighted by Gasteiger charge is 2.42. The van der Waals surface area contributed by atoms with Crippen LogP contribution in [0, 0.1) is 0 Å². The smallest absolute Gasteiger partial charge is 0.0305 e. The first-order valence-electron chi connectivity index (χ1n) is 4.28. The van der Waals surface area contributed by atoms with Gasteiger partial charge in [-0.2, -0.15) is 0 Å². The van der Waals surface area contributed by atoms with Gasteiger partial charge in [0, 0.05) is 12.4 Å². The Bertz CT molecular complexity index is 236. The molecule has 0 radical (unpaired) electrons. The van der Waals surface area contributed by atoms with Gasteiger partial charge in [0.05, 0.1) is 0 Å². The predicted molar refractivity (Wildman–Crippen MR) is 45.4 cm³/mol. The quantitative estimate of drug-likeness (QED) is 0.626. The van der Waals surface area contributed by atoms with Crippen LogP contribution in [0.25, 0.3) is 0 Å². The van der Waals surface area contributed by atoms with Crippen LogP contribution in [-0.4, -0.2) is 4.98 Å². The monoisotopic (exact) mass is 147 g/mol. The third kappa shape index (κ3) is 1.05. The van der Waals surface area contributed by atoms with Crippen LogP contribution in [0.5, 0.6) is 0 Å². The van der Waals surface area contributed by atoms with E-state index in [-0.39, 0.29) is 0 Å². The second kappa shape index (κ2) is 2.33. The number of hydrogen-bond donors (Lipinski definition) is 0. The largest absolute Gasteiger partial charge is 0.264 e. The lowest BCUT2D eigenvalue weighted by Crippen LogP contribution is -2.03. The molecule has 0 unspecified atom stereocenters. The van der Waals surface area contributed by atoms with E-state index in [9.17, 15) is 0 Å². The van der Waals surface area contributed by atoms with Crippen molar-refractivity contribution in [2.24, 2.45) is 0 Å². The van der Waals surface area contributed by atoms with Crippen molar-refractivity contribution in [2.45, 2.75) is 31.6 Å². The third-order valence-corrected chi connectivity index (χ3v) is 2.80. The van der Waals surface area contributed by atoms with Crippen LogP contribution in [0.2, 0.25) is 0 Å². The minimum atomic E-state index is 0.522. The predicted octanol–water partition coefficient (Wildman–Crippen LogP) is 2.52. The lowest BCUT2D eigenvalue weighted by atomic mass is 9.95. The van der Waals surface area contributed by atoms with Crippen molar-refractivity contribution in [3.63, 3.8) is 0 Å². The van der Waals surface area contributed by atoms with Crippen LogP contribution >= 0.6 is 0 Å². The average Bonchev–Trinajstić information content (AvgIpc) is 2.86. The fourth-order valence-corrected chi connectivity index (χ4v) is 1.67. The highest BCUT2D eigenvalue weighted by Crippen LogP contribution is 2.50. The molecule has 58 valence electrons. The Kier molecular flexibility index (Phi) is 1.45. The molecule has 0 aliphatic heterocycles. The summed E-state index contributed by atoms with van der Waals surface area (Å²) < 4.78 is 0. The summed E-state index contributed by atoms with van der Waals surface area (Å²) in [6.45, 7) is 2.26. The standard InChI is InChI=1S/C10H13N/c1-2-10(5-6-10)9-4-3-7-11-8-9/h3-4,7-8H,2,5-6H2,1H3. The molecular weight excluding hydrogens is 134 g/mol. The zero-order chi connectivity index (χ0) is 7.73. The Morgan fingerprint density at radius 3 is 2.82 bits per heavy atom. The molecule has 0 N–H and O–H groups in total. The van der Waals surface area contributed by atoms with Gasteiger partial charge in [0.15, 0.2) is 0 Å². The first kappa shape index (κ1) is 6.84. The molecule has 1 nitrogen and oxygen atoms in total. The van der Waals surface area contributed by atoms with Crippen LogP contribution in [-0.2, 0) is 5.41 Å². The SMILES string of the molecule is CCC1(c2cccnc2)CC1. The van der Waals surface area contributed by atoms with E-state index in [1.165, 1.54) is 24.8 Å². The van der Waals surface area contributed by atoms with Gasteiger partial charge in [-0.05, 0) is 36.3 Å². The van der Waals surface area contributed by atoms with E-state index in [1.807, 2.05) is 18.5 Å². The van der Waals surface area contributed by atoms with Crippen molar-refractivity contribution in [3.05, 3.63) is 30.1 Å². The maximum atomic E-state index is 4.14. The summed E-state index contributed by atoms with van der Waals surface area (Å²) in [6.07, 6.45) is 7.83. The van der Waals surface area contributed by atoms with E-state index < -0.39 is 0 Å². The van der Waals surface area contributed by atoms with Gasteiger partial charge in [-0.3, -0.25) is 4.98 Å². The molecule has 1 saturated carbocycles. The van der Waals surface area contributed by atoms with Gasteiger partial charge in [-0.25, -0.2) is 0 Å². The summed E-state index contributed by atoms with van der Waals surface area (Å²) in [5.74, 6) is 0. The van der Waals surface area contributed by atoms with E-state index in [0.717, 1.165) is 0 Å². The maximum Gasteiger partial charge on any atom is 0.0305 e. The van der Waals surface area contributed by atoms with Gasteiger partial charge in [-0.15, -0.1) is 0 Å². The van der Waals surface area contributed by atoms with Gasteiger partial charge in [0.1, 0.15) is 0 Å². The lowest BCUT2D eigenvalue weighted by molar-refractivity contribution is 0.661. The Labute approximate surface area is 67.5 Å². The van der Waals surface area contributed by atoms with E-state index in [2.05, 4.69) is 18.0 Å². The normalized spacial score (nSPS) is 19.7. The minimum Gasteiger partial charge on any atom is -0.264 e. The molecule has 0 saturated heterocycles. The molecule has 1 aromatic heterocycles. The zero-order valence-electron chi connectivity index (χ0n) is 6.88. The lowest BCUT2D eigenvalue weighted by Gasteiger charge is -2.10.